The Morgan fingerprint density at radius 3 is 2.48 bits per heavy atom. The molecule has 1 aromatic carbocycles. The number of carbonyl (C=O) groups is 2. The van der Waals surface area contributed by atoms with Crippen molar-refractivity contribution in [3.05, 3.63) is 29.8 Å². The Balaban J connectivity index is 0.00000210. The van der Waals surface area contributed by atoms with Crippen LogP contribution in [-0.2, 0) is 9.59 Å². The van der Waals surface area contributed by atoms with E-state index in [4.69, 9.17) is 0 Å². The molecule has 0 aromatic heterocycles. The highest BCUT2D eigenvalue weighted by Gasteiger charge is 2.40. The summed E-state index contributed by atoms with van der Waals surface area (Å²) in [7, 11) is 0. The number of halogens is 1. The minimum atomic E-state index is -0.203. The van der Waals surface area contributed by atoms with Crippen molar-refractivity contribution in [2.75, 3.05) is 50.7 Å². The fourth-order valence-corrected chi connectivity index (χ4v) is 4.39. The smallest absolute Gasteiger partial charge is 0.228 e. The van der Waals surface area contributed by atoms with E-state index in [9.17, 15) is 9.59 Å². The molecule has 6 nitrogen and oxygen atoms in total. The zero-order valence-electron chi connectivity index (χ0n) is 15.9. The number of likely N-dealkylation sites (tertiary alicyclic amines) is 1. The second-order valence-corrected chi connectivity index (χ2v) is 7.75. The van der Waals surface area contributed by atoms with Crippen molar-refractivity contribution < 1.29 is 9.59 Å². The highest BCUT2D eigenvalue weighted by atomic mass is 35.5. The van der Waals surface area contributed by atoms with Crippen LogP contribution in [0.4, 0.5) is 5.69 Å². The predicted molar refractivity (Wildman–Crippen MR) is 108 cm³/mol. The number of anilines is 1. The van der Waals surface area contributed by atoms with Crippen LogP contribution in [0.2, 0.25) is 0 Å². The van der Waals surface area contributed by atoms with Crippen LogP contribution in [-0.4, -0.2) is 73.5 Å². The topological polar surface area (TPSA) is 55.9 Å². The highest BCUT2D eigenvalue weighted by molar-refractivity contribution is 6.00. The van der Waals surface area contributed by atoms with Gasteiger partial charge in [0, 0.05) is 64.0 Å². The Kier molecular flexibility index (Phi) is 6.40. The van der Waals surface area contributed by atoms with Gasteiger partial charge in [-0.2, -0.15) is 0 Å². The first-order valence-electron chi connectivity index (χ1n) is 9.72. The molecule has 2 amide bonds. The molecule has 27 heavy (non-hydrogen) atoms. The highest BCUT2D eigenvalue weighted by Crippen LogP contribution is 2.28. The van der Waals surface area contributed by atoms with E-state index in [2.05, 4.69) is 10.2 Å². The van der Waals surface area contributed by atoms with Crippen molar-refractivity contribution in [3.8, 4) is 0 Å². The predicted octanol–water partition coefficient (Wildman–Crippen LogP) is 1.28. The van der Waals surface area contributed by atoms with Gasteiger partial charge in [-0.1, -0.05) is 17.7 Å². The first-order chi connectivity index (χ1) is 12.6. The number of hydrogen-bond acceptors (Lipinski definition) is 4. The Morgan fingerprint density at radius 2 is 1.78 bits per heavy atom. The summed E-state index contributed by atoms with van der Waals surface area (Å²) < 4.78 is 0. The van der Waals surface area contributed by atoms with Crippen LogP contribution >= 0.6 is 12.4 Å². The van der Waals surface area contributed by atoms with Gasteiger partial charge in [-0.05, 0) is 25.5 Å². The van der Waals surface area contributed by atoms with Crippen molar-refractivity contribution in [2.45, 2.75) is 25.8 Å². The Labute approximate surface area is 167 Å². The van der Waals surface area contributed by atoms with Crippen molar-refractivity contribution in [3.63, 3.8) is 0 Å². The van der Waals surface area contributed by atoms with Crippen molar-refractivity contribution in [1.29, 1.82) is 0 Å². The molecule has 0 spiro atoms. The minimum absolute atomic E-state index is 0. The number of nitrogens with one attached hydrogen (secondary N) is 1. The van der Waals surface area contributed by atoms with Gasteiger partial charge in [0.25, 0.3) is 0 Å². The van der Waals surface area contributed by atoms with Gasteiger partial charge in [0.1, 0.15) is 0 Å². The SMILES string of the molecule is Cc1ccc(N2CC(C(=O)N3CCC(N4CCNCC4)C3)CC2=O)cc1.Cl. The van der Waals surface area contributed by atoms with E-state index >= 15 is 0 Å². The Bertz CT molecular complexity index is 675. The summed E-state index contributed by atoms with van der Waals surface area (Å²) >= 11 is 0. The molecule has 0 bridgehead atoms. The first-order valence-corrected chi connectivity index (χ1v) is 9.72. The largest absolute Gasteiger partial charge is 0.341 e. The molecule has 148 valence electrons. The molecule has 4 rings (SSSR count). The summed E-state index contributed by atoms with van der Waals surface area (Å²) in [5.41, 5.74) is 2.07. The third-order valence-corrected chi connectivity index (χ3v) is 5.96. The fourth-order valence-electron chi connectivity index (χ4n) is 4.39. The average molecular weight is 393 g/mol. The molecule has 7 heteroatoms. The van der Waals surface area contributed by atoms with E-state index in [0.717, 1.165) is 51.4 Å². The molecule has 2 atom stereocenters. The molecule has 3 saturated heterocycles. The third kappa shape index (κ3) is 4.28. The molecule has 1 N–H and O–H groups in total. The maximum Gasteiger partial charge on any atom is 0.228 e. The van der Waals surface area contributed by atoms with Gasteiger partial charge in [0.2, 0.25) is 11.8 Å². The molecule has 0 aliphatic carbocycles. The minimum Gasteiger partial charge on any atom is -0.341 e. The van der Waals surface area contributed by atoms with Crippen molar-refractivity contribution in [2.24, 2.45) is 5.92 Å². The number of piperazine rings is 1. The standard InChI is InChI=1S/C20H28N4O2.ClH/c1-15-2-4-17(5-3-15)24-13-16(12-19(24)25)20(26)23-9-6-18(14-23)22-10-7-21-8-11-22;/h2-5,16,18,21H,6-14H2,1H3;1H. The fraction of sp³-hybridized carbons (Fsp3) is 0.600. The number of hydrogen-bond donors (Lipinski definition) is 1. The van der Waals surface area contributed by atoms with Gasteiger partial charge in [-0.15, -0.1) is 12.4 Å². The third-order valence-electron chi connectivity index (χ3n) is 5.96. The lowest BCUT2D eigenvalue weighted by Crippen LogP contribution is -2.49. The molecule has 3 heterocycles. The second kappa shape index (κ2) is 8.59. The van der Waals surface area contributed by atoms with Crippen molar-refractivity contribution in [1.82, 2.24) is 15.1 Å². The lowest BCUT2D eigenvalue weighted by atomic mass is 10.1. The van der Waals surface area contributed by atoms with E-state index in [1.54, 1.807) is 4.90 Å². The quantitative estimate of drug-likeness (QED) is 0.841. The lowest BCUT2D eigenvalue weighted by Gasteiger charge is -2.32. The molecule has 3 aliphatic rings. The summed E-state index contributed by atoms with van der Waals surface area (Å²) in [6.07, 6.45) is 1.38. The van der Waals surface area contributed by atoms with Gasteiger partial charge in [-0.3, -0.25) is 14.5 Å². The normalized spacial score (nSPS) is 26.3. The van der Waals surface area contributed by atoms with Crippen LogP contribution in [0.25, 0.3) is 0 Å². The molecule has 0 saturated carbocycles. The number of benzene rings is 1. The van der Waals surface area contributed by atoms with Crippen LogP contribution < -0.4 is 10.2 Å². The van der Waals surface area contributed by atoms with Gasteiger partial charge >= 0.3 is 0 Å². The summed E-state index contributed by atoms with van der Waals surface area (Å²) in [5, 5.41) is 3.38. The molecule has 0 radical (unpaired) electrons. The molecular weight excluding hydrogens is 364 g/mol. The first kappa shape index (κ1) is 20.1. The zero-order valence-corrected chi connectivity index (χ0v) is 16.7. The summed E-state index contributed by atoms with van der Waals surface area (Å²) in [5.74, 6) is 0.0150. The van der Waals surface area contributed by atoms with Crippen LogP contribution in [0, 0.1) is 12.8 Å². The van der Waals surface area contributed by atoms with E-state index in [0.29, 0.717) is 19.0 Å². The van der Waals surface area contributed by atoms with Gasteiger partial charge in [0.15, 0.2) is 0 Å². The molecule has 1 aromatic rings. The van der Waals surface area contributed by atoms with E-state index < -0.39 is 0 Å². The maximum atomic E-state index is 13.0. The number of amides is 2. The summed E-state index contributed by atoms with van der Waals surface area (Å²) in [6.45, 7) is 8.38. The zero-order chi connectivity index (χ0) is 18.1. The van der Waals surface area contributed by atoms with E-state index in [1.807, 2.05) is 36.1 Å². The molecule has 2 unspecified atom stereocenters. The van der Waals surface area contributed by atoms with Crippen LogP contribution in [0.5, 0.6) is 0 Å². The number of aryl methyl sites for hydroxylation is 1. The van der Waals surface area contributed by atoms with Crippen LogP contribution in [0.1, 0.15) is 18.4 Å². The van der Waals surface area contributed by atoms with Crippen LogP contribution in [0.15, 0.2) is 24.3 Å². The maximum absolute atomic E-state index is 13.0. The van der Waals surface area contributed by atoms with E-state index in [-0.39, 0.29) is 30.1 Å². The monoisotopic (exact) mass is 392 g/mol. The van der Waals surface area contributed by atoms with Gasteiger partial charge < -0.3 is 15.1 Å². The lowest BCUT2D eigenvalue weighted by molar-refractivity contribution is -0.135. The molecular formula is C20H29ClN4O2. The summed E-state index contributed by atoms with van der Waals surface area (Å²) in [4.78, 5) is 31.7. The van der Waals surface area contributed by atoms with Crippen LogP contribution in [0.3, 0.4) is 0 Å². The average Bonchev–Trinajstić information content (AvgIpc) is 3.30. The number of rotatable bonds is 3. The van der Waals surface area contributed by atoms with E-state index in [1.165, 1.54) is 5.56 Å². The second-order valence-electron chi connectivity index (χ2n) is 7.75. The molecule has 3 aliphatic heterocycles. The molecule has 3 fully saturated rings. The number of nitrogens with zero attached hydrogens (tertiary/aromatic N) is 3. The van der Waals surface area contributed by atoms with Gasteiger partial charge in [-0.25, -0.2) is 0 Å². The summed E-state index contributed by atoms with van der Waals surface area (Å²) in [6, 6.07) is 8.44. The Hall–Kier alpha value is -1.63. The van der Waals surface area contributed by atoms with Gasteiger partial charge in [0.05, 0.1) is 5.92 Å². The van der Waals surface area contributed by atoms with Crippen molar-refractivity contribution >= 4 is 29.9 Å². The number of carbonyl (C=O) groups excluding carboxylic acids is 2. The Morgan fingerprint density at radius 1 is 1.07 bits per heavy atom.